The predicted octanol–water partition coefficient (Wildman–Crippen LogP) is -29.8. The van der Waals surface area contributed by atoms with E-state index in [0.717, 1.165) is 0 Å². The summed E-state index contributed by atoms with van der Waals surface area (Å²) < 4.78 is 76.6. The largest absolute Gasteiger partial charge is 0.394 e. The molecule has 12 aliphatic rings. The topological polar surface area (TPSA) is 1140 Å². The molecule has 12 rings (SSSR count). The van der Waals surface area contributed by atoms with E-state index >= 15 is 0 Å². The van der Waals surface area contributed by atoms with Gasteiger partial charge in [0.05, 0.1) is 104 Å². The van der Waals surface area contributed by atoms with E-state index in [1.54, 1.807) is 27.7 Å². The van der Waals surface area contributed by atoms with Crippen LogP contribution in [0, 0.1) is 0 Å². The smallest absolute Gasteiger partial charge is 0.186 e. The standard InChI is InChI=1S/3C7H14O6.3C7H14O5.3C6H12O6.C6H12O5.C6H12O4.C5H10O5/c3*1-12-7-6(11)5(10)4(9)3(2-8)13-7;3*1-3-5(9)7(11)6(10)4(2-8)12-3;3*7-1-2-3(8)4(9)5(10)6(11)12-2;1-10-6-5(9)4(8)3(7)2-11-6;1-3-5(8)6(9)4(7)2-10-3;6-2-1-10-5(9)4(8)3(2)7/h3*3-11H,2H2,1H3;3*3-11H,2H2,1H3;3*2-11H,1H2;3-9H,2H2,1H3;3-9H,2H2,1H3;2-9H,1H2/t2*3?,4-,5+,6?,7-;3?,4-,5-,6?,7+;2*3-,4?,5?,6+,7+;3-,4?,5?,6-,7+;2*2?,3-,4+,5?,6?;2?,3-,4-,5?,6?;2*3-,4+,5?,6-;2-,3+,4?,5?/m110000110101/s1. The first-order chi connectivity index (χ1) is 66.2. The summed E-state index contributed by atoms with van der Waals surface area (Å²) in [6.45, 7) is 2.30. The Labute approximate surface area is 808 Å². The minimum atomic E-state index is -1.57. The molecule has 0 saturated carbocycles. The molecule has 142 heavy (non-hydrogen) atoms. The monoisotopic (exact) mass is 2120 g/mol. The molecule has 0 bridgehead atoms. The second-order valence-corrected chi connectivity index (χ2v) is 33.4. The molecular weight excluding hydrogens is 1960 g/mol. The summed E-state index contributed by atoms with van der Waals surface area (Å²) in [5.41, 5.74) is 0. The second kappa shape index (κ2) is 67.7. The van der Waals surface area contributed by atoms with Gasteiger partial charge >= 0.3 is 0 Å². The molecule has 0 aromatic carbocycles. The van der Waals surface area contributed by atoms with Crippen molar-refractivity contribution in [3.63, 3.8) is 0 Å². The van der Waals surface area contributed by atoms with E-state index in [2.05, 4.69) is 23.7 Å². The predicted molar refractivity (Wildman–Crippen MR) is 447 cm³/mol. The molecule has 12 saturated heterocycles. The first-order valence-corrected chi connectivity index (χ1v) is 43.8. The molecule has 852 valence electrons. The highest BCUT2D eigenvalue weighted by Crippen LogP contribution is 2.30. The normalized spacial score (nSPS) is 48.2. The highest BCUT2D eigenvalue weighted by Gasteiger charge is 2.52. The first-order valence-electron chi connectivity index (χ1n) is 43.8. The molecule has 0 amide bonds. The van der Waals surface area contributed by atoms with Crippen molar-refractivity contribution in [3.8, 4) is 0 Å². The van der Waals surface area contributed by atoms with Crippen molar-refractivity contribution in [2.75, 3.05) is 108 Å². The highest BCUT2D eigenvalue weighted by atomic mass is 16.7. The van der Waals surface area contributed by atoms with E-state index in [0.29, 0.717) is 0 Å². The van der Waals surface area contributed by atoms with Gasteiger partial charge in [-0.15, -0.1) is 0 Å². The Bertz CT molecular complexity index is 2680. The molecule has 25 unspecified atom stereocenters. The van der Waals surface area contributed by atoms with Crippen molar-refractivity contribution in [2.45, 2.75) is 377 Å². The van der Waals surface area contributed by atoms with E-state index < -0.39 is 389 Å². The van der Waals surface area contributed by atoms with Crippen LogP contribution in [0.4, 0.5) is 0 Å². The maximum absolute atomic E-state index is 9.28. The van der Waals surface area contributed by atoms with Crippen LogP contribution in [0.1, 0.15) is 27.7 Å². The van der Waals surface area contributed by atoms with Crippen LogP contribution >= 0.6 is 0 Å². The molecule has 65 heteroatoms. The van der Waals surface area contributed by atoms with Gasteiger partial charge in [0.2, 0.25) is 0 Å². The lowest BCUT2D eigenvalue weighted by molar-refractivity contribution is -0.294. The van der Waals surface area contributed by atoms with Gasteiger partial charge in [0.25, 0.3) is 0 Å². The summed E-state index contributed by atoms with van der Waals surface area (Å²) in [5.74, 6) is 0. The minimum Gasteiger partial charge on any atom is -0.394 e. The van der Waals surface area contributed by atoms with Crippen molar-refractivity contribution in [3.05, 3.63) is 0 Å². The maximum Gasteiger partial charge on any atom is 0.186 e. The zero-order valence-corrected chi connectivity index (χ0v) is 77.8. The van der Waals surface area contributed by atoms with Crippen molar-refractivity contribution in [1.82, 2.24) is 0 Å². The molecule has 12 aliphatic heterocycles. The Morgan fingerprint density at radius 2 is 0.317 bits per heavy atom. The van der Waals surface area contributed by atoms with Crippen LogP contribution in [0.3, 0.4) is 0 Å². The summed E-state index contributed by atoms with van der Waals surface area (Å²) in [4.78, 5) is 0. The summed E-state index contributed by atoms with van der Waals surface area (Å²) in [6.07, 6.45) is -66.5. The molecule has 0 aliphatic carbocycles. The lowest BCUT2D eigenvalue weighted by Gasteiger charge is -2.38. The van der Waals surface area contributed by atoms with Crippen LogP contribution in [-0.2, 0) is 75.8 Å². The van der Waals surface area contributed by atoms with Crippen molar-refractivity contribution >= 4 is 0 Å². The van der Waals surface area contributed by atoms with Gasteiger partial charge in [0.15, 0.2) is 50.3 Å². The quantitative estimate of drug-likeness (QED) is 0.0814. The summed E-state index contributed by atoms with van der Waals surface area (Å²) in [5, 5.41) is 442. The van der Waals surface area contributed by atoms with Crippen molar-refractivity contribution in [1.29, 1.82) is 0 Å². The van der Waals surface area contributed by atoms with E-state index in [1.807, 2.05) is 0 Å². The zero-order chi connectivity index (χ0) is 110. The van der Waals surface area contributed by atoms with Crippen LogP contribution in [0.2, 0.25) is 0 Å². The van der Waals surface area contributed by atoms with Crippen molar-refractivity contribution in [2.24, 2.45) is 0 Å². The van der Waals surface area contributed by atoms with E-state index in [1.165, 1.54) is 28.4 Å². The Hall–Kier alpha value is -2.60. The number of aliphatic hydroxyl groups excluding tert-OH is 49. The lowest BCUT2D eigenvalue weighted by atomic mass is 9.96. The van der Waals surface area contributed by atoms with Gasteiger partial charge < -0.3 is 326 Å². The Kier molecular flexibility index (Phi) is 65.5. The molecule has 0 radical (unpaired) electrons. The summed E-state index contributed by atoms with van der Waals surface area (Å²) in [7, 11) is 5.25. The molecule has 49 N–H and O–H groups in total. The van der Waals surface area contributed by atoms with Gasteiger partial charge in [-0.2, -0.15) is 0 Å². The third-order valence-electron chi connectivity index (χ3n) is 23.2. The van der Waals surface area contributed by atoms with Gasteiger partial charge in [0.1, 0.15) is 275 Å². The first kappa shape index (κ1) is 137. The van der Waals surface area contributed by atoms with Crippen LogP contribution in [-0.4, -0.2) is 707 Å². The number of ether oxygens (including phenoxy) is 16. The average Bonchev–Trinajstić information content (AvgIpc) is 0.796. The number of hydrogen-bond acceptors (Lipinski definition) is 65. The van der Waals surface area contributed by atoms with E-state index in [-0.39, 0.29) is 39.6 Å². The minimum absolute atomic E-state index is 0.0171. The van der Waals surface area contributed by atoms with Gasteiger partial charge in [0, 0.05) is 28.4 Å². The summed E-state index contributed by atoms with van der Waals surface area (Å²) in [6, 6.07) is 0. The number of aliphatic hydroxyl groups is 49. The molecule has 0 aromatic heterocycles. The Morgan fingerprint density at radius 3 is 0.528 bits per heavy atom. The molecule has 0 aromatic rings. The fraction of sp³-hybridized carbons (Fsp3) is 1.00. The van der Waals surface area contributed by atoms with Crippen molar-refractivity contribution < 1.29 is 326 Å². The summed E-state index contributed by atoms with van der Waals surface area (Å²) >= 11 is 0. The second-order valence-electron chi connectivity index (χ2n) is 33.4. The Morgan fingerprint density at radius 1 is 0.155 bits per heavy atom. The van der Waals surface area contributed by atoms with Gasteiger partial charge in [-0.25, -0.2) is 0 Å². The van der Waals surface area contributed by atoms with Gasteiger partial charge in [-0.05, 0) is 27.7 Å². The Balaban J connectivity index is 0.000000775. The van der Waals surface area contributed by atoms with E-state index in [4.69, 9.17) is 210 Å². The molecular formula is C77H154O65. The molecule has 57 atom stereocenters. The van der Waals surface area contributed by atoms with Crippen LogP contribution in [0.5, 0.6) is 0 Å². The fourth-order valence-electron chi connectivity index (χ4n) is 13.6. The third kappa shape index (κ3) is 39.5. The number of rotatable bonds is 13. The van der Waals surface area contributed by atoms with Gasteiger partial charge in [-0.1, -0.05) is 0 Å². The third-order valence-corrected chi connectivity index (χ3v) is 23.2. The molecule has 65 nitrogen and oxygen atoms in total. The van der Waals surface area contributed by atoms with Crippen LogP contribution < -0.4 is 0 Å². The van der Waals surface area contributed by atoms with Gasteiger partial charge in [-0.3, -0.25) is 0 Å². The fourth-order valence-corrected chi connectivity index (χ4v) is 13.6. The maximum atomic E-state index is 9.28. The average molecular weight is 2120 g/mol. The number of hydrogen-bond donors (Lipinski definition) is 49. The molecule has 12 fully saturated rings. The molecule has 12 heterocycles. The van der Waals surface area contributed by atoms with Crippen LogP contribution in [0.25, 0.3) is 0 Å². The SMILES string of the molecule is CO[C@@H]1OC(CO)[C@@H](O)[C@H](O)C1O.CO[C@@H]1OC(CO)[C@@H](O)[C@H](O)C1O.CO[C@@H]1OC(CO)[C@H](O)[C@H](O)C1O.CO[C@@H]1OC[C@@H](O)[C@H](O)C1O.C[C@@H]1OC(CO)[C@@H](O)[C@H](O)C1O.C[C@@H]1OC(CO)[C@@H](O)[C@H](O)C1O.C[C@@H]1OC(CO)[C@H](O)[C@H](O)C1O.C[C@@H]1OC[C@@H](O)[C@H](O)C1O.OC1OC[C@@H](O)[C@H](O)C1O.OCC1OC(O)C(O)[C@@H](O)[C@@H]1O.OCC1OC(O)C(O)[C@@H](O)[C@@H]1O.OCC1OC(O)C(O)[C@@H](O)[C@H]1O. The van der Waals surface area contributed by atoms with Crippen LogP contribution in [0.15, 0.2) is 0 Å². The highest BCUT2D eigenvalue weighted by molar-refractivity contribution is 4.97. The lowest BCUT2D eigenvalue weighted by Crippen LogP contribution is -2.58. The van der Waals surface area contributed by atoms with E-state index in [9.17, 15) is 91.9 Å². The zero-order valence-electron chi connectivity index (χ0n) is 77.8. The molecule has 0 spiro atoms. The number of methoxy groups -OCH3 is 4.